The Hall–Kier alpha value is -1.82. The molecule has 0 spiro atoms. The number of carboxylic acid groups (broad SMARTS) is 1. The summed E-state index contributed by atoms with van der Waals surface area (Å²) < 4.78 is 13.2. The molecule has 1 aromatic carbocycles. The van der Waals surface area contributed by atoms with Crippen molar-refractivity contribution in [3.63, 3.8) is 0 Å². The van der Waals surface area contributed by atoms with Gasteiger partial charge < -0.3 is 15.7 Å². The van der Waals surface area contributed by atoms with Crippen LogP contribution in [0.3, 0.4) is 0 Å². The molecule has 5 nitrogen and oxygen atoms in total. The van der Waals surface area contributed by atoms with E-state index >= 15 is 0 Å². The van der Waals surface area contributed by atoms with Crippen molar-refractivity contribution in [3.05, 3.63) is 29.0 Å². The molecule has 2 amide bonds. The van der Waals surface area contributed by atoms with Crippen LogP contribution in [-0.4, -0.2) is 23.7 Å². The van der Waals surface area contributed by atoms with E-state index in [1.165, 1.54) is 12.1 Å². The van der Waals surface area contributed by atoms with Crippen LogP contribution in [0.25, 0.3) is 0 Å². The Kier molecular flexibility index (Phi) is 6.24. The largest absolute Gasteiger partial charge is 0.481 e. The van der Waals surface area contributed by atoms with Gasteiger partial charge in [-0.1, -0.05) is 24.9 Å². The third-order valence-corrected chi connectivity index (χ3v) is 3.08. The Morgan fingerprint density at radius 3 is 2.70 bits per heavy atom. The lowest BCUT2D eigenvalue weighted by molar-refractivity contribution is -0.138. The molecule has 0 aliphatic rings. The highest BCUT2D eigenvalue weighted by molar-refractivity contribution is 6.30. The van der Waals surface area contributed by atoms with E-state index < -0.39 is 17.8 Å². The van der Waals surface area contributed by atoms with E-state index in [9.17, 15) is 14.0 Å². The minimum absolute atomic E-state index is 0.00759. The number of carboxylic acids is 1. The van der Waals surface area contributed by atoms with Crippen molar-refractivity contribution >= 4 is 29.3 Å². The number of amides is 2. The summed E-state index contributed by atoms with van der Waals surface area (Å²) in [7, 11) is 0. The van der Waals surface area contributed by atoms with Gasteiger partial charge in [-0.2, -0.15) is 0 Å². The monoisotopic (exact) mass is 302 g/mol. The number of hydrogen-bond donors (Lipinski definition) is 3. The number of urea groups is 1. The van der Waals surface area contributed by atoms with Crippen molar-refractivity contribution in [2.45, 2.75) is 19.8 Å². The number of carbonyl (C=O) groups is 2. The molecular formula is C13H16ClFN2O3. The molecule has 0 aliphatic carbocycles. The molecule has 110 valence electrons. The summed E-state index contributed by atoms with van der Waals surface area (Å²) >= 11 is 5.53. The summed E-state index contributed by atoms with van der Waals surface area (Å²) in [5.74, 6) is -1.67. The van der Waals surface area contributed by atoms with Gasteiger partial charge in [-0.25, -0.2) is 9.18 Å². The van der Waals surface area contributed by atoms with Gasteiger partial charge in [0, 0.05) is 18.7 Å². The van der Waals surface area contributed by atoms with Gasteiger partial charge in [-0.3, -0.25) is 4.79 Å². The summed E-state index contributed by atoms with van der Waals surface area (Å²) in [5, 5.41) is 13.7. The first-order chi connectivity index (χ1) is 9.42. The van der Waals surface area contributed by atoms with E-state index in [0.29, 0.717) is 6.42 Å². The Morgan fingerprint density at radius 2 is 2.15 bits per heavy atom. The molecule has 1 atom stereocenters. The summed E-state index contributed by atoms with van der Waals surface area (Å²) in [5.41, 5.74) is 0.274. The van der Waals surface area contributed by atoms with Gasteiger partial charge in [0.05, 0.1) is 5.02 Å². The quantitative estimate of drug-likeness (QED) is 0.755. The lowest BCUT2D eigenvalue weighted by Gasteiger charge is -2.14. The zero-order valence-electron chi connectivity index (χ0n) is 11.0. The molecule has 1 unspecified atom stereocenters. The first-order valence-corrected chi connectivity index (χ1v) is 6.51. The fourth-order valence-corrected chi connectivity index (χ4v) is 1.71. The Labute approximate surface area is 121 Å². The van der Waals surface area contributed by atoms with Gasteiger partial charge in [0.15, 0.2) is 0 Å². The molecule has 0 aromatic heterocycles. The highest BCUT2D eigenvalue weighted by Gasteiger charge is 2.12. The number of nitrogens with one attached hydrogen (secondary N) is 2. The van der Waals surface area contributed by atoms with Crippen LogP contribution in [0.1, 0.15) is 19.8 Å². The Morgan fingerprint density at radius 1 is 1.45 bits per heavy atom. The van der Waals surface area contributed by atoms with Gasteiger partial charge in [-0.05, 0) is 24.1 Å². The first-order valence-electron chi connectivity index (χ1n) is 6.14. The van der Waals surface area contributed by atoms with Crippen molar-refractivity contribution in [1.29, 1.82) is 0 Å². The number of hydrogen-bond acceptors (Lipinski definition) is 2. The van der Waals surface area contributed by atoms with Gasteiger partial charge in [-0.15, -0.1) is 0 Å². The van der Waals surface area contributed by atoms with Crippen molar-refractivity contribution in [1.82, 2.24) is 5.32 Å². The molecule has 0 saturated carbocycles. The average Bonchev–Trinajstić information content (AvgIpc) is 2.38. The number of halogens is 2. The first kappa shape index (κ1) is 16.2. The van der Waals surface area contributed by atoms with E-state index in [-0.39, 0.29) is 29.6 Å². The lowest BCUT2D eigenvalue weighted by Crippen LogP contribution is -2.33. The molecular weight excluding hydrogens is 287 g/mol. The second kappa shape index (κ2) is 7.69. The Bertz CT molecular complexity index is 497. The molecule has 0 saturated heterocycles. The Balaban J connectivity index is 2.46. The van der Waals surface area contributed by atoms with Crippen LogP contribution in [0.5, 0.6) is 0 Å². The smallest absolute Gasteiger partial charge is 0.319 e. The van der Waals surface area contributed by atoms with Crippen molar-refractivity contribution < 1.29 is 19.1 Å². The van der Waals surface area contributed by atoms with Crippen LogP contribution in [0.4, 0.5) is 14.9 Å². The molecule has 0 fully saturated rings. The lowest BCUT2D eigenvalue weighted by atomic mass is 10.0. The van der Waals surface area contributed by atoms with Gasteiger partial charge >= 0.3 is 12.0 Å². The van der Waals surface area contributed by atoms with Crippen LogP contribution in [-0.2, 0) is 4.79 Å². The predicted molar refractivity (Wildman–Crippen MR) is 74.5 cm³/mol. The summed E-state index contributed by atoms with van der Waals surface area (Å²) in [6.45, 7) is 2.09. The summed E-state index contributed by atoms with van der Waals surface area (Å²) in [6.07, 6.45) is 0.633. The number of rotatable bonds is 6. The average molecular weight is 303 g/mol. The van der Waals surface area contributed by atoms with E-state index in [1.807, 2.05) is 6.92 Å². The molecule has 1 aromatic rings. The third-order valence-electron chi connectivity index (χ3n) is 2.77. The molecule has 20 heavy (non-hydrogen) atoms. The van der Waals surface area contributed by atoms with Crippen LogP contribution in [0.15, 0.2) is 18.2 Å². The van der Waals surface area contributed by atoms with Crippen molar-refractivity contribution in [3.8, 4) is 0 Å². The van der Waals surface area contributed by atoms with Gasteiger partial charge in [0.2, 0.25) is 0 Å². The molecule has 0 heterocycles. The number of aliphatic carboxylic acids is 1. The van der Waals surface area contributed by atoms with Crippen LogP contribution >= 0.6 is 11.6 Å². The third kappa shape index (κ3) is 5.44. The zero-order chi connectivity index (χ0) is 15.1. The predicted octanol–water partition coefficient (Wildman–Crippen LogP) is 3.10. The van der Waals surface area contributed by atoms with E-state index in [2.05, 4.69) is 10.6 Å². The van der Waals surface area contributed by atoms with Crippen LogP contribution in [0, 0.1) is 11.7 Å². The minimum Gasteiger partial charge on any atom is -0.481 e. The highest BCUT2D eigenvalue weighted by Crippen LogP contribution is 2.18. The van der Waals surface area contributed by atoms with E-state index in [0.717, 1.165) is 6.07 Å². The summed E-state index contributed by atoms with van der Waals surface area (Å²) in [4.78, 5) is 22.2. The molecule has 3 N–H and O–H groups in total. The van der Waals surface area contributed by atoms with Crippen molar-refractivity contribution in [2.24, 2.45) is 5.92 Å². The van der Waals surface area contributed by atoms with E-state index in [4.69, 9.17) is 16.7 Å². The molecule has 7 heteroatoms. The maximum Gasteiger partial charge on any atom is 0.319 e. The molecule has 1 rings (SSSR count). The van der Waals surface area contributed by atoms with Crippen molar-refractivity contribution in [2.75, 3.05) is 11.9 Å². The zero-order valence-corrected chi connectivity index (χ0v) is 11.7. The number of carbonyl (C=O) groups excluding carboxylic acids is 1. The molecule has 0 aliphatic heterocycles. The van der Waals surface area contributed by atoms with Crippen LogP contribution in [0.2, 0.25) is 5.02 Å². The maximum atomic E-state index is 13.2. The number of benzene rings is 1. The molecule has 0 bridgehead atoms. The highest BCUT2D eigenvalue weighted by atomic mass is 35.5. The number of anilines is 1. The maximum absolute atomic E-state index is 13.2. The minimum atomic E-state index is -0.904. The SMILES string of the molecule is CCC(CNC(=O)Nc1ccc(Cl)c(F)c1)CC(=O)O. The second-order valence-electron chi connectivity index (χ2n) is 4.34. The normalized spacial score (nSPS) is 11.8. The second-order valence-corrected chi connectivity index (χ2v) is 4.74. The topological polar surface area (TPSA) is 78.4 Å². The van der Waals surface area contributed by atoms with Gasteiger partial charge in [0.1, 0.15) is 5.82 Å². The summed E-state index contributed by atoms with van der Waals surface area (Å²) in [6, 6.07) is 3.40. The fraction of sp³-hybridized carbons (Fsp3) is 0.385. The van der Waals surface area contributed by atoms with Gasteiger partial charge in [0.25, 0.3) is 0 Å². The standard InChI is InChI=1S/C13H16ClFN2O3/c1-2-8(5-12(18)19)7-16-13(20)17-9-3-4-10(14)11(15)6-9/h3-4,6,8H,2,5,7H2,1H3,(H,18,19)(H2,16,17,20). The molecule has 0 radical (unpaired) electrons. The van der Waals surface area contributed by atoms with Crippen LogP contribution < -0.4 is 10.6 Å². The fourth-order valence-electron chi connectivity index (χ4n) is 1.59. The van der Waals surface area contributed by atoms with E-state index in [1.54, 1.807) is 0 Å².